The van der Waals surface area contributed by atoms with E-state index in [0.717, 1.165) is 24.8 Å². The van der Waals surface area contributed by atoms with Gasteiger partial charge in [0.25, 0.3) is 0 Å². The lowest BCUT2D eigenvalue weighted by Crippen LogP contribution is -2.50. The first-order chi connectivity index (χ1) is 16.7. The van der Waals surface area contributed by atoms with Crippen molar-refractivity contribution in [2.24, 2.45) is 29.2 Å². The van der Waals surface area contributed by atoms with Crippen molar-refractivity contribution < 1.29 is 0 Å². The van der Waals surface area contributed by atoms with Crippen LogP contribution < -0.4 is 16.8 Å². The van der Waals surface area contributed by atoms with Crippen LogP contribution in [0.25, 0.3) is 0 Å². The van der Waals surface area contributed by atoms with Gasteiger partial charge in [0.05, 0.1) is 12.3 Å². The normalized spacial score (nSPS) is 31.4. The Hall–Kier alpha value is -2.11. The summed E-state index contributed by atoms with van der Waals surface area (Å²) in [7, 11) is 0. The van der Waals surface area contributed by atoms with Crippen LogP contribution in [0.15, 0.2) is 99.4 Å². The summed E-state index contributed by atoms with van der Waals surface area (Å²) in [6.07, 6.45) is 25.2. The highest BCUT2D eigenvalue weighted by molar-refractivity contribution is 8.03. The van der Waals surface area contributed by atoms with Crippen LogP contribution in [0, 0.1) is 17.8 Å². The van der Waals surface area contributed by atoms with Gasteiger partial charge in [-0.2, -0.15) is 0 Å². The van der Waals surface area contributed by atoms with E-state index >= 15 is 0 Å². The van der Waals surface area contributed by atoms with Crippen LogP contribution in [0.2, 0.25) is 0 Å². The molecule has 0 saturated carbocycles. The molecule has 1 heterocycles. The molecular formula is C30H35N3S. The summed E-state index contributed by atoms with van der Waals surface area (Å²) in [4.78, 5) is 2.80. The number of nitrogens with one attached hydrogen (secondary N) is 1. The zero-order valence-electron chi connectivity index (χ0n) is 19.7. The molecule has 1 aliphatic heterocycles. The van der Waals surface area contributed by atoms with Gasteiger partial charge in [-0.15, -0.1) is 0 Å². The summed E-state index contributed by atoms with van der Waals surface area (Å²) < 4.78 is 0. The third-order valence-corrected chi connectivity index (χ3v) is 9.61. The number of hydrogen-bond acceptors (Lipinski definition) is 4. The molecule has 6 atom stereocenters. The molecule has 5 aliphatic rings. The number of benzene rings is 1. The lowest BCUT2D eigenvalue weighted by atomic mass is 9.68. The van der Waals surface area contributed by atoms with E-state index in [4.69, 9.17) is 11.5 Å². The predicted molar refractivity (Wildman–Crippen MR) is 143 cm³/mol. The van der Waals surface area contributed by atoms with Crippen LogP contribution in [0.5, 0.6) is 0 Å². The number of nitrogens with two attached hydrogens (primary N) is 2. The summed E-state index contributed by atoms with van der Waals surface area (Å²) in [6.45, 7) is 0. The highest BCUT2D eigenvalue weighted by Gasteiger charge is 2.33. The minimum absolute atomic E-state index is 0.184. The summed E-state index contributed by atoms with van der Waals surface area (Å²) in [5.74, 6) is 2.57. The maximum atomic E-state index is 6.62. The molecule has 4 heteroatoms. The quantitative estimate of drug-likeness (QED) is 0.363. The number of allylic oxidation sites excluding steroid dienone is 9. The van der Waals surface area contributed by atoms with E-state index in [2.05, 4.69) is 78.2 Å². The first-order valence-corrected chi connectivity index (χ1v) is 13.7. The smallest absolute Gasteiger partial charge is 0.0821 e. The number of rotatable bonds is 5. The van der Waals surface area contributed by atoms with E-state index in [-0.39, 0.29) is 12.3 Å². The van der Waals surface area contributed by atoms with Gasteiger partial charge in [-0.25, -0.2) is 0 Å². The molecule has 4 aliphatic carbocycles. The molecule has 1 aromatic carbocycles. The van der Waals surface area contributed by atoms with Crippen LogP contribution in [0.1, 0.15) is 50.0 Å². The van der Waals surface area contributed by atoms with Crippen LogP contribution in [0.4, 0.5) is 0 Å². The maximum absolute atomic E-state index is 6.62. The second kappa shape index (κ2) is 9.50. The van der Waals surface area contributed by atoms with Crippen LogP contribution >= 0.6 is 11.8 Å². The van der Waals surface area contributed by atoms with Gasteiger partial charge in [0.1, 0.15) is 0 Å². The summed E-state index contributed by atoms with van der Waals surface area (Å²) >= 11 is 1.89. The molecule has 0 aromatic heterocycles. The Balaban J connectivity index is 1.07. The molecule has 0 saturated heterocycles. The van der Waals surface area contributed by atoms with E-state index in [9.17, 15) is 0 Å². The van der Waals surface area contributed by atoms with Gasteiger partial charge in [0.2, 0.25) is 0 Å². The fraction of sp³-hybridized carbons (Fsp3) is 0.400. The topological polar surface area (TPSA) is 64.1 Å². The molecule has 0 bridgehead atoms. The maximum Gasteiger partial charge on any atom is 0.0821 e. The Bertz CT molecular complexity index is 1140. The zero-order valence-corrected chi connectivity index (χ0v) is 20.5. The van der Waals surface area contributed by atoms with Crippen molar-refractivity contribution in [3.8, 4) is 0 Å². The standard InChI is InChI=1S/C30H35N3S/c31-29(21-14-12-20(13-15-21)24-10-5-7-19-6-1-2-8-23(19)24)33-30(32)22-16-17-26-25-9-3-4-11-27(25)34-28(26)18-22/h1,3-7,9-11,14,16,18,20,23-24,26,29-30,33H,2,8,12-13,15,17,31-32H2. The summed E-state index contributed by atoms with van der Waals surface area (Å²) in [5.41, 5.74) is 18.7. The molecule has 6 rings (SSSR count). The van der Waals surface area contributed by atoms with Crippen molar-refractivity contribution in [3.63, 3.8) is 0 Å². The van der Waals surface area contributed by atoms with Crippen LogP contribution in [0.3, 0.4) is 0 Å². The molecule has 5 N–H and O–H groups in total. The van der Waals surface area contributed by atoms with E-state index < -0.39 is 0 Å². The van der Waals surface area contributed by atoms with Gasteiger partial charge in [-0.3, -0.25) is 5.32 Å². The van der Waals surface area contributed by atoms with Crippen molar-refractivity contribution >= 4 is 11.8 Å². The van der Waals surface area contributed by atoms with Gasteiger partial charge in [0.15, 0.2) is 0 Å². The second-order valence-electron chi connectivity index (χ2n) is 10.3. The van der Waals surface area contributed by atoms with E-state index in [1.165, 1.54) is 45.8 Å². The highest BCUT2D eigenvalue weighted by Crippen LogP contribution is 2.52. The van der Waals surface area contributed by atoms with Gasteiger partial charge < -0.3 is 11.5 Å². The van der Waals surface area contributed by atoms with Gasteiger partial charge in [0, 0.05) is 10.8 Å². The third-order valence-electron chi connectivity index (χ3n) is 8.38. The summed E-state index contributed by atoms with van der Waals surface area (Å²) in [5, 5.41) is 3.49. The van der Waals surface area contributed by atoms with Crippen molar-refractivity contribution in [1.29, 1.82) is 0 Å². The highest BCUT2D eigenvalue weighted by atomic mass is 32.2. The SMILES string of the molecule is NC(NC(N)C1=CCC(C2C=CC=C3C=CCCC32)CC1)C1=CCC2C(=C1)Sc1ccccc12. The molecule has 1 aromatic rings. The van der Waals surface area contributed by atoms with Gasteiger partial charge in [-0.1, -0.05) is 72.5 Å². The van der Waals surface area contributed by atoms with Crippen LogP contribution in [-0.4, -0.2) is 12.3 Å². The number of hydrogen-bond donors (Lipinski definition) is 3. The Morgan fingerprint density at radius 2 is 1.94 bits per heavy atom. The summed E-state index contributed by atoms with van der Waals surface area (Å²) in [6, 6.07) is 8.75. The molecule has 176 valence electrons. The third kappa shape index (κ3) is 4.22. The van der Waals surface area contributed by atoms with E-state index in [0.29, 0.717) is 23.7 Å². The predicted octanol–water partition coefficient (Wildman–Crippen LogP) is 6.05. The van der Waals surface area contributed by atoms with Gasteiger partial charge in [-0.05, 0) is 95.6 Å². The minimum atomic E-state index is -0.241. The first-order valence-electron chi connectivity index (χ1n) is 12.9. The minimum Gasteiger partial charge on any atom is -0.312 e. The Kier molecular flexibility index (Phi) is 6.25. The van der Waals surface area contributed by atoms with Crippen LogP contribution in [-0.2, 0) is 0 Å². The molecule has 34 heavy (non-hydrogen) atoms. The molecule has 0 fully saturated rings. The number of thioether (sulfide) groups is 1. The average molecular weight is 470 g/mol. The lowest BCUT2D eigenvalue weighted by Gasteiger charge is -2.38. The molecule has 0 spiro atoms. The fourth-order valence-electron chi connectivity index (χ4n) is 6.48. The fourth-order valence-corrected chi connectivity index (χ4v) is 7.77. The first kappa shape index (κ1) is 22.4. The largest absolute Gasteiger partial charge is 0.312 e. The van der Waals surface area contributed by atoms with Gasteiger partial charge >= 0.3 is 0 Å². The van der Waals surface area contributed by atoms with Crippen molar-refractivity contribution in [2.45, 2.75) is 61.7 Å². The van der Waals surface area contributed by atoms with E-state index in [1.54, 1.807) is 0 Å². The van der Waals surface area contributed by atoms with E-state index in [1.807, 2.05) is 11.8 Å². The van der Waals surface area contributed by atoms with Crippen molar-refractivity contribution in [1.82, 2.24) is 5.32 Å². The Morgan fingerprint density at radius 1 is 1.03 bits per heavy atom. The Labute approximate surface area is 207 Å². The lowest BCUT2D eigenvalue weighted by molar-refractivity contribution is 0.270. The number of fused-ring (bicyclic) bond motifs is 4. The molecule has 0 radical (unpaired) electrons. The van der Waals surface area contributed by atoms with Crippen molar-refractivity contribution in [3.05, 3.63) is 100 Å². The molecule has 6 unspecified atom stereocenters. The average Bonchev–Trinajstić information content (AvgIpc) is 3.26. The monoisotopic (exact) mass is 469 g/mol. The molecule has 0 amide bonds. The van der Waals surface area contributed by atoms with Crippen molar-refractivity contribution in [2.75, 3.05) is 0 Å². The molecule has 3 nitrogen and oxygen atoms in total. The Morgan fingerprint density at radius 3 is 2.82 bits per heavy atom. The zero-order chi connectivity index (χ0) is 23.1. The second-order valence-corrected chi connectivity index (χ2v) is 11.4. The molecular weight excluding hydrogens is 434 g/mol.